The summed E-state index contributed by atoms with van der Waals surface area (Å²) in [5.41, 5.74) is 2.52. The summed E-state index contributed by atoms with van der Waals surface area (Å²) in [6.45, 7) is 4.32. The monoisotopic (exact) mass is 631 g/mol. The minimum absolute atomic E-state index is 0.0147. The van der Waals surface area contributed by atoms with E-state index in [2.05, 4.69) is 16.0 Å². The van der Waals surface area contributed by atoms with Gasteiger partial charge in [-0.3, -0.25) is 14.4 Å². The zero-order valence-corrected chi connectivity index (χ0v) is 26.2. The number of furan rings is 1. The highest BCUT2D eigenvalue weighted by Crippen LogP contribution is 2.27. The van der Waals surface area contributed by atoms with Crippen molar-refractivity contribution in [2.24, 2.45) is 0 Å². The molecular weight excluding hydrogens is 598 g/mol. The van der Waals surface area contributed by atoms with E-state index in [1.165, 1.54) is 17.8 Å². The predicted octanol–water partition coefficient (Wildman–Crippen LogP) is 7.87. The minimum atomic E-state index is -0.523. The van der Waals surface area contributed by atoms with E-state index in [0.717, 1.165) is 16.2 Å². The van der Waals surface area contributed by atoms with Gasteiger partial charge in [-0.25, -0.2) is 0 Å². The second-order valence-electron chi connectivity index (χ2n) is 10.1. The van der Waals surface area contributed by atoms with E-state index in [-0.39, 0.29) is 16.9 Å². The van der Waals surface area contributed by atoms with Crippen molar-refractivity contribution < 1.29 is 23.5 Å². The Labute approximate surface area is 271 Å². The molecule has 1 aromatic heterocycles. The number of ether oxygens (including phenoxy) is 1. The molecule has 0 aliphatic rings. The molecule has 0 saturated heterocycles. The van der Waals surface area contributed by atoms with Crippen LogP contribution in [0.3, 0.4) is 0 Å². The maximum absolute atomic E-state index is 13.4. The highest BCUT2D eigenvalue weighted by atomic mass is 32.2. The van der Waals surface area contributed by atoms with Crippen LogP contribution in [0.25, 0.3) is 17.4 Å². The molecule has 8 nitrogen and oxygen atoms in total. The van der Waals surface area contributed by atoms with Gasteiger partial charge in [0.05, 0.1) is 11.9 Å². The summed E-state index contributed by atoms with van der Waals surface area (Å²) in [6, 6.07) is 36.2. The Kier molecular flexibility index (Phi) is 10.7. The van der Waals surface area contributed by atoms with E-state index in [1.54, 1.807) is 54.6 Å². The number of thioether (sulfide) groups is 1. The molecule has 5 rings (SSSR count). The van der Waals surface area contributed by atoms with Crippen LogP contribution in [0.2, 0.25) is 0 Å². The molecule has 0 unspecified atom stereocenters. The van der Waals surface area contributed by atoms with Crippen LogP contribution in [0, 0.1) is 0 Å². The third kappa shape index (κ3) is 8.77. The number of hydrogen-bond acceptors (Lipinski definition) is 6. The predicted molar refractivity (Wildman–Crippen MR) is 183 cm³/mol. The molecule has 1 atom stereocenters. The molecule has 0 saturated carbocycles. The Balaban J connectivity index is 1.25. The normalized spacial score (nSPS) is 11.7. The van der Waals surface area contributed by atoms with Gasteiger partial charge in [-0.15, -0.1) is 11.8 Å². The quantitative estimate of drug-likeness (QED) is 0.0955. The van der Waals surface area contributed by atoms with Gasteiger partial charge in [0.25, 0.3) is 11.8 Å². The zero-order valence-electron chi connectivity index (χ0n) is 25.4. The average molecular weight is 632 g/mol. The molecule has 0 bridgehead atoms. The van der Waals surface area contributed by atoms with Gasteiger partial charge in [-0.1, -0.05) is 48.5 Å². The molecule has 9 heteroatoms. The third-order valence-corrected chi connectivity index (χ3v) is 7.84. The number of amides is 3. The second kappa shape index (κ2) is 15.5. The summed E-state index contributed by atoms with van der Waals surface area (Å²) >= 11 is 1.39. The summed E-state index contributed by atoms with van der Waals surface area (Å²) < 4.78 is 11.4. The van der Waals surface area contributed by atoms with Gasteiger partial charge < -0.3 is 25.1 Å². The Morgan fingerprint density at radius 2 is 1.41 bits per heavy atom. The summed E-state index contributed by atoms with van der Waals surface area (Å²) in [7, 11) is 0. The smallest absolute Gasteiger partial charge is 0.272 e. The van der Waals surface area contributed by atoms with Crippen LogP contribution in [0.15, 0.2) is 136 Å². The largest absolute Gasteiger partial charge is 0.494 e. The second-order valence-corrected chi connectivity index (χ2v) is 11.5. The van der Waals surface area contributed by atoms with Crippen LogP contribution >= 0.6 is 11.8 Å². The first-order valence-corrected chi connectivity index (χ1v) is 15.6. The van der Waals surface area contributed by atoms with Gasteiger partial charge in [-0.2, -0.15) is 0 Å². The first-order valence-electron chi connectivity index (χ1n) is 14.7. The van der Waals surface area contributed by atoms with Gasteiger partial charge in [-0.05, 0) is 86.6 Å². The number of anilines is 2. The molecule has 46 heavy (non-hydrogen) atoms. The number of carbonyl (C=O) groups excluding carboxylic acids is 3. The van der Waals surface area contributed by atoms with Gasteiger partial charge in [0, 0.05) is 33.5 Å². The SMILES string of the molecule is CCOc1ccc(NC(=O)[C@H](C)Sc2ccc(NC(=O)/C(=C\c3ccc(-c4ccccc4)o3)NC(=O)c3ccccc3)cc2)cc1. The third-order valence-electron chi connectivity index (χ3n) is 6.73. The highest BCUT2D eigenvalue weighted by Gasteiger charge is 2.18. The van der Waals surface area contributed by atoms with Crippen LogP contribution in [-0.2, 0) is 9.59 Å². The highest BCUT2D eigenvalue weighted by molar-refractivity contribution is 8.00. The molecule has 232 valence electrons. The maximum Gasteiger partial charge on any atom is 0.272 e. The van der Waals surface area contributed by atoms with Crippen LogP contribution < -0.4 is 20.7 Å². The Hall–Kier alpha value is -5.54. The first kappa shape index (κ1) is 31.9. The fraction of sp³-hybridized carbons (Fsp3) is 0.108. The van der Waals surface area contributed by atoms with Crippen LogP contribution in [0.1, 0.15) is 30.0 Å². The summed E-state index contributed by atoms with van der Waals surface area (Å²) in [5.74, 6) is 0.697. The van der Waals surface area contributed by atoms with Crippen molar-refractivity contribution in [1.82, 2.24) is 5.32 Å². The molecule has 3 amide bonds. The fourth-order valence-electron chi connectivity index (χ4n) is 4.39. The summed E-state index contributed by atoms with van der Waals surface area (Å²) in [5, 5.41) is 8.12. The lowest BCUT2D eigenvalue weighted by Gasteiger charge is -2.14. The number of benzene rings is 4. The van der Waals surface area contributed by atoms with Crippen LogP contribution in [0.4, 0.5) is 11.4 Å². The Morgan fingerprint density at radius 1 is 0.783 bits per heavy atom. The number of rotatable bonds is 12. The molecule has 4 aromatic carbocycles. The maximum atomic E-state index is 13.4. The minimum Gasteiger partial charge on any atom is -0.494 e. The van der Waals surface area contributed by atoms with E-state index in [1.807, 2.05) is 80.6 Å². The van der Waals surface area contributed by atoms with Gasteiger partial charge in [0.1, 0.15) is 23.0 Å². The van der Waals surface area contributed by atoms with Crippen molar-refractivity contribution in [2.45, 2.75) is 24.0 Å². The summed E-state index contributed by atoms with van der Waals surface area (Å²) in [4.78, 5) is 40.0. The number of carbonyl (C=O) groups is 3. The first-order chi connectivity index (χ1) is 22.4. The Morgan fingerprint density at radius 3 is 2.09 bits per heavy atom. The molecular formula is C37H33N3O5S. The molecule has 5 aromatic rings. The van der Waals surface area contributed by atoms with Crippen LogP contribution in [0.5, 0.6) is 5.75 Å². The lowest BCUT2D eigenvalue weighted by molar-refractivity contribution is -0.115. The average Bonchev–Trinajstić information content (AvgIpc) is 3.55. The van der Waals surface area contributed by atoms with Gasteiger partial charge in [0.15, 0.2) is 0 Å². The van der Waals surface area contributed by atoms with E-state index < -0.39 is 11.8 Å². The molecule has 0 spiro atoms. The number of nitrogens with one attached hydrogen (secondary N) is 3. The Bertz CT molecular complexity index is 1800. The molecule has 0 radical (unpaired) electrons. The zero-order chi connectivity index (χ0) is 32.3. The standard InChI is InChI=1S/C37H33N3O5S/c1-3-44-30-18-14-28(15-19-30)38-35(41)25(2)46-32-21-16-29(17-22-32)39-37(43)33(40-36(42)27-12-8-5-9-13-27)24-31-20-23-34(45-31)26-10-6-4-7-11-26/h4-25H,3H2,1-2H3,(H,38,41)(H,39,43)(H,40,42)/b33-24+/t25-/m0/s1. The van der Waals surface area contributed by atoms with E-state index in [9.17, 15) is 14.4 Å². The molecule has 0 aliphatic carbocycles. The van der Waals surface area contributed by atoms with Crippen LogP contribution in [-0.4, -0.2) is 29.6 Å². The van der Waals surface area contributed by atoms with Crippen molar-refractivity contribution >= 4 is 46.9 Å². The van der Waals surface area contributed by atoms with Gasteiger partial charge >= 0.3 is 0 Å². The lowest BCUT2D eigenvalue weighted by Crippen LogP contribution is -2.30. The summed E-state index contributed by atoms with van der Waals surface area (Å²) in [6.07, 6.45) is 1.50. The molecule has 3 N–H and O–H groups in total. The van der Waals surface area contributed by atoms with Crippen molar-refractivity contribution in [1.29, 1.82) is 0 Å². The topological polar surface area (TPSA) is 110 Å². The molecule has 1 heterocycles. The van der Waals surface area contributed by atoms with Gasteiger partial charge in [0.2, 0.25) is 5.91 Å². The van der Waals surface area contributed by atoms with Crippen molar-refractivity contribution in [3.63, 3.8) is 0 Å². The van der Waals surface area contributed by atoms with E-state index in [4.69, 9.17) is 9.15 Å². The van der Waals surface area contributed by atoms with E-state index >= 15 is 0 Å². The van der Waals surface area contributed by atoms with Crippen molar-refractivity contribution in [3.8, 4) is 17.1 Å². The van der Waals surface area contributed by atoms with Crippen molar-refractivity contribution in [3.05, 3.63) is 138 Å². The fourth-order valence-corrected chi connectivity index (χ4v) is 5.26. The molecule has 0 aliphatic heterocycles. The van der Waals surface area contributed by atoms with E-state index in [0.29, 0.717) is 35.1 Å². The molecule has 0 fully saturated rings. The number of hydrogen-bond donors (Lipinski definition) is 3. The van der Waals surface area contributed by atoms with Crippen molar-refractivity contribution in [2.75, 3.05) is 17.2 Å². The lowest BCUT2D eigenvalue weighted by atomic mass is 10.2.